The van der Waals surface area contributed by atoms with Gasteiger partial charge >= 0.3 is 5.97 Å². The third-order valence-electron chi connectivity index (χ3n) is 2.19. The van der Waals surface area contributed by atoms with E-state index in [1.807, 2.05) is 6.26 Å². The summed E-state index contributed by atoms with van der Waals surface area (Å²) in [5, 5.41) is 8.08. The van der Waals surface area contributed by atoms with Gasteiger partial charge in [0.1, 0.15) is 0 Å². The van der Waals surface area contributed by atoms with Crippen molar-refractivity contribution in [3.05, 3.63) is 23.8 Å². The lowest BCUT2D eigenvalue weighted by Crippen LogP contribution is -2.02. The van der Waals surface area contributed by atoms with E-state index < -0.39 is 5.97 Å². The number of anilines is 1. The van der Waals surface area contributed by atoms with E-state index in [1.54, 1.807) is 30.0 Å². The first-order valence-corrected chi connectivity index (χ1v) is 8.03. The minimum Gasteiger partial charge on any atom is -0.465 e. The number of benzene rings is 1. The summed E-state index contributed by atoms with van der Waals surface area (Å²) in [5.41, 5.74) is 6.88. The van der Waals surface area contributed by atoms with Gasteiger partial charge in [0.25, 0.3) is 0 Å². The Morgan fingerprint density at radius 3 is 2.68 bits per heavy atom. The number of nitrogens with two attached hydrogens (primary N) is 1. The van der Waals surface area contributed by atoms with E-state index in [1.165, 1.54) is 30.2 Å². The predicted molar refractivity (Wildman–Crippen MR) is 78.0 cm³/mol. The number of nitrogen functional groups attached to an aromatic ring is 1. The molecule has 2 N–H and O–H groups in total. The zero-order valence-electron chi connectivity index (χ0n) is 10.2. The van der Waals surface area contributed by atoms with Crippen LogP contribution in [-0.2, 0) is 4.74 Å². The molecule has 5 nitrogen and oxygen atoms in total. The number of ether oxygens (including phenoxy) is 1. The topological polar surface area (TPSA) is 78.1 Å². The van der Waals surface area contributed by atoms with E-state index >= 15 is 0 Å². The highest BCUT2D eigenvalue weighted by atomic mass is 32.2. The summed E-state index contributed by atoms with van der Waals surface area (Å²) in [4.78, 5) is 12.2. The molecule has 0 radical (unpaired) electrons. The predicted octanol–water partition coefficient (Wildman–Crippen LogP) is 2.78. The van der Waals surface area contributed by atoms with Crippen LogP contribution < -0.4 is 5.73 Å². The zero-order valence-corrected chi connectivity index (χ0v) is 12.7. The number of carbonyl (C=O) groups excluding carboxylic acids is 1. The fourth-order valence-electron chi connectivity index (χ4n) is 1.30. The molecule has 1 aromatic carbocycles. The molecule has 0 aliphatic rings. The van der Waals surface area contributed by atoms with Crippen molar-refractivity contribution in [3.8, 4) is 0 Å². The minimum absolute atomic E-state index is 0.399. The Labute approximate surface area is 122 Å². The molecular weight excluding hydrogens is 302 g/mol. The third kappa shape index (κ3) is 3.40. The lowest BCUT2D eigenvalue weighted by atomic mass is 10.2. The minimum atomic E-state index is -0.399. The molecule has 0 aliphatic carbocycles. The van der Waals surface area contributed by atoms with Crippen LogP contribution in [0.5, 0.6) is 0 Å². The highest BCUT2D eigenvalue weighted by molar-refractivity contribution is 8.03. The summed E-state index contributed by atoms with van der Waals surface area (Å²) in [7, 11) is 1.34. The molecule has 0 spiro atoms. The summed E-state index contributed by atoms with van der Waals surface area (Å²) in [6, 6.07) is 5.07. The van der Waals surface area contributed by atoms with Crippen molar-refractivity contribution < 1.29 is 9.53 Å². The fraction of sp³-hybridized carbons (Fsp3) is 0.182. The van der Waals surface area contributed by atoms with Crippen LogP contribution in [0.25, 0.3) is 0 Å². The van der Waals surface area contributed by atoms with Gasteiger partial charge in [-0.3, -0.25) is 0 Å². The average molecular weight is 313 g/mol. The van der Waals surface area contributed by atoms with Gasteiger partial charge in [0.2, 0.25) is 0 Å². The second-order valence-corrected chi connectivity index (χ2v) is 6.70. The van der Waals surface area contributed by atoms with Crippen LogP contribution in [0.2, 0.25) is 0 Å². The summed E-state index contributed by atoms with van der Waals surface area (Å²) < 4.78 is 6.37. The van der Waals surface area contributed by atoms with E-state index in [-0.39, 0.29) is 0 Å². The molecule has 2 rings (SSSR count). The van der Waals surface area contributed by atoms with E-state index in [9.17, 15) is 4.79 Å². The number of methoxy groups -OCH3 is 1. The lowest BCUT2D eigenvalue weighted by Gasteiger charge is -2.05. The largest absolute Gasteiger partial charge is 0.465 e. The second-order valence-electron chi connectivity index (χ2n) is 3.38. The Hall–Kier alpha value is -1.25. The highest BCUT2D eigenvalue weighted by Gasteiger charge is 2.11. The van der Waals surface area contributed by atoms with E-state index in [4.69, 9.17) is 5.73 Å². The molecule has 2 aromatic rings. The van der Waals surface area contributed by atoms with E-state index in [0.29, 0.717) is 11.3 Å². The van der Waals surface area contributed by atoms with E-state index in [2.05, 4.69) is 14.9 Å². The third-order valence-corrected chi connectivity index (χ3v) is 5.23. The van der Waals surface area contributed by atoms with Gasteiger partial charge in [0.05, 0.1) is 12.7 Å². The maximum absolute atomic E-state index is 11.4. The molecule has 1 aromatic heterocycles. The first kappa shape index (κ1) is 14.2. The summed E-state index contributed by atoms with van der Waals surface area (Å²) >= 11 is 4.49. The standard InChI is InChI=1S/C11H11N3O2S3/c1-16-9(15)6-3-4-8(7(12)5-6)18-11-14-13-10(17-2)19-11/h3-5H,12H2,1-2H3. The van der Waals surface area contributed by atoms with Crippen LogP contribution in [0.1, 0.15) is 10.4 Å². The van der Waals surface area contributed by atoms with Gasteiger partial charge in [0, 0.05) is 10.6 Å². The van der Waals surface area contributed by atoms with Gasteiger partial charge in [-0.1, -0.05) is 34.9 Å². The monoisotopic (exact) mass is 313 g/mol. The van der Waals surface area contributed by atoms with Gasteiger partial charge in [-0.05, 0) is 24.5 Å². The number of rotatable bonds is 4. The van der Waals surface area contributed by atoms with Crippen molar-refractivity contribution in [2.24, 2.45) is 0 Å². The molecule has 1 heterocycles. The SMILES string of the molecule is COC(=O)c1ccc(Sc2nnc(SC)s2)c(N)c1. The van der Waals surface area contributed by atoms with Crippen LogP contribution in [0.3, 0.4) is 0 Å². The number of hydrogen-bond acceptors (Lipinski definition) is 8. The number of aromatic nitrogens is 2. The van der Waals surface area contributed by atoms with E-state index in [0.717, 1.165) is 13.6 Å². The van der Waals surface area contributed by atoms with Crippen molar-refractivity contribution >= 4 is 46.5 Å². The van der Waals surface area contributed by atoms with Gasteiger partial charge in [-0.15, -0.1) is 10.2 Å². The van der Waals surface area contributed by atoms with Gasteiger partial charge in [-0.2, -0.15) is 0 Å². The maximum Gasteiger partial charge on any atom is 0.337 e. The maximum atomic E-state index is 11.4. The summed E-state index contributed by atoms with van der Waals surface area (Å²) in [6.45, 7) is 0. The molecule has 8 heteroatoms. The number of hydrogen-bond donors (Lipinski definition) is 1. The van der Waals surface area contributed by atoms with Crippen LogP contribution in [0, 0.1) is 0 Å². The van der Waals surface area contributed by atoms with Crippen LogP contribution >= 0.6 is 34.9 Å². The molecule has 0 saturated heterocycles. The fourth-order valence-corrected chi connectivity index (χ4v) is 3.72. The number of nitrogens with zero attached hydrogens (tertiary/aromatic N) is 2. The number of carbonyl (C=O) groups is 1. The molecule has 0 atom stereocenters. The number of thioether (sulfide) groups is 1. The normalized spacial score (nSPS) is 10.4. The quantitative estimate of drug-likeness (QED) is 0.528. The molecule has 100 valence electrons. The van der Waals surface area contributed by atoms with Crippen LogP contribution in [0.4, 0.5) is 5.69 Å². The Balaban J connectivity index is 2.19. The van der Waals surface area contributed by atoms with Crippen molar-refractivity contribution in [3.63, 3.8) is 0 Å². The smallest absolute Gasteiger partial charge is 0.337 e. The Bertz CT molecular complexity index is 601. The first-order chi connectivity index (χ1) is 9.13. The highest BCUT2D eigenvalue weighted by Crippen LogP contribution is 2.35. The molecule has 0 bridgehead atoms. The average Bonchev–Trinajstić information content (AvgIpc) is 2.88. The van der Waals surface area contributed by atoms with Crippen molar-refractivity contribution in [2.45, 2.75) is 13.6 Å². The Kier molecular flexibility index (Phi) is 4.67. The van der Waals surface area contributed by atoms with Crippen molar-refractivity contribution in [1.82, 2.24) is 10.2 Å². The molecule has 0 unspecified atom stereocenters. The molecule has 0 fully saturated rings. The first-order valence-electron chi connectivity index (χ1n) is 5.17. The second kappa shape index (κ2) is 6.27. The lowest BCUT2D eigenvalue weighted by molar-refractivity contribution is 0.0600. The van der Waals surface area contributed by atoms with Gasteiger partial charge in [-0.25, -0.2) is 4.79 Å². The molecule has 0 saturated carbocycles. The Morgan fingerprint density at radius 1 is 1.37 bits per heavy atom. The molecule has 19 heavy (non-hydrogen) atoms. The van der Waals surface area contributed by atoms with Crippen molar-refractivity contribution in [2.75, 3.05) is 19.1 Å². The van der Waals surface area contributed by atoms with Crippen LogP contribution in [-0.4, -0.2) is 29.5 Å². The Morgan fingerprint density at radius 2 is 2.11 bits per heavy atom. The number of esters is 1. The zero-order chi connectivity index (χ0) is 13.8. The summed E-state index contributed by atoms with van der Waals surface area (Å²) in [6.07, 6.45) is 1.95. The van der Waals surface area contributed by atoms with Crippen molar-refractivity contribution in [1.29, 1.82) is 0 Å². The molecular formula is C11H11N3O2S3. The molecule has 0 amide bonds. The van der Waals surface area contributed by atoms with Gasteiger partial charge in [0.15, 0.2) is 8.68 Å². The van der Waals surface area contributed by atoms with Crippen LogP contribution in [0.15, 0.2) is 31.8 Å². The van der Waals surface area contributed by atoms with Gasteiger partial charge < -0.3 is 10.5 Å². The molecule has 0 aliphatic heterocycles. The summed E-state index contributed by atoms with van der Waals surface area (Å²) in [5.74, 6) is -0.399.